The molecule has 120 valence electrons. The molecule has 0 amide bonds. The van der Waals surface area contributed by atoms with E-state index in [-0.39, 0.29) is 17.9 Å². The van der Waals surface area contributed by atoms with Crippen LogP contribution in [0.2, 0.25) is 0 Å². The molecule has 0 aromatic rings. The third kappa shape index (κ3) is 5.31. The summed E-state index contributed by atoms with van der Waals surface area (Å²) in [5.74, 6) is 0.695. The first-order valence-corrected chi connectivity index (χ1v) is 9.61. The largest absolute Gasteiger partial charge is 0.394 e. The van der Waals surface area contributed by atoms with Crippen molar-refractivity contribution in [2.75, 3.05) is 45.3 Å². The van der Waals surface area contributed by atoms with Gasteiger partial charge < -0.3 is 15.3 Å². The number of hydrogen-bond donors (Lipinski definition) is 2. The van der Waals surface area contributed by atoms with Crippen LogP contribution in [0.25, 0.3) is 0 Å². The lowest BCUT2D eigenvalue weighted by atomic mass is 9.85. The van der Waals surface area contributed by atoms with Gasteiger partial charge in [-0.1, -0.05) is 13.3 Å². The summed E-state index contributed by atoms with van der Waals surface area (Å²) in [5.41, 5.74) is -0.119. The molecule has 0 aliphatic heterocycles. The molecule has 6 heteroatoms. The Morgan fingerprint density at radius 3 is 2.65 bits per heavy atom. The molecule has 20 heavy (non-hydrogen) atoms. The predicted octanol–water partition coefficient (Wildman–Crippen LogP) is 0.494. The average Bonchev–Trinajstić information content (AvgIpc) is 2.77. The molecule has 0 radical (unpaired) electrons. The number of nitrogens with zero attached hydrogens (tertiary/aromatic N) is 1. The van der Waals surface area contributed by atoms with Gasteiger partial charge in [0.15, 0.2) is 0 Å². The topological polar surface area (TPSA) is 69.6 Å². The van der Waals surface area contributed by atoms with Crippen LogP contribution in [-0.4, -0.2) is 69.3 Å². The summed E-state index contributed by atoms with van der Waals surface area (Å²) >= 11 is 0. The van der Waals surface area contributed by atoms with Crippen molar-refractivity contribution in [1.82, 2.24) is 10.2 Å². The van der Waals surface area contributed by atoms with Crippen molar-refractivity contribution < 1.29 is 13.5 Å². The molecule has 0 heterocycles. The lowest BCUT2D eigenvalue weighted by Crippen LogP contribution is -2.51. The molecule has 0 bridgehead atoms. The molecule has 0 aromatic carbocycles. The van der Waals surface area contributed by atoms with Crippen LogP contribution in [0.4, 0.5) is 0 Å². The van der Waals surface area contributed by atoms with E-state index in [0.717, 1.165) is 38.8 Å². The van der Waals surface area contributed by atoms with Gasteiger partial charge in [-0.05, 0) is 45.3 Å². The van der Waals surface area contributed by atoms with Gasteiger partial charge in [-0.2, -0.15) is 0 Å². The van der Waals surface area contributed by atoms with E-state index in [1.54, 1.807) is 0 Å². The Morgan fingerprint density at radius 2 is 2.10 bits per heavy atom. The molecule has 1 rings (SSSR count). The van der Waals surface area contributed by atoms with Gasteiger partial charge in [0.2, 0.25) is 0 Å². The van der Waals surface area contributed by atoms with Gasteiger partial charge in [0.25, 0.3) is 0 Å². The molecule has 2 N–H and O–H groups in total. The number of nitrogens with one attached hydrogen (secondary N) is 1. The van der Waals surface area contributed by atoms with E-state index < -0.39 is 9.84 Å². The first-order chi connectivity index (χ1) is 9.33. The van der Waals surface area contributed by atoms with Crippen molar-refractivity contribution in [1.29, 1.82) is 0 Å². The number of sulfone groups is 1. The third-order valence-corrected chi connectivity index (χ3v) is 5.40. The molecule has 0 aromatic heterocycles. The fraction of sp³-hybridized carbons (Fsp3) is 1.00. The highest BCUT2D eigenvalue weighted by Crippen LogP contribution is 2.37. The second-order valence-electron chi connectivity index (χ2n) is 6.16. The van der Waals surface area contributed by atoms with Crippen LogP contribution in [0.3, 0.4) is 0 Å². The van der Waals surface area contributed by atoms with Crippen LogP contribution in [0.5, 0.6) is 0 Å². The zero-order valence-corrected chi connectivity index (χ0v) is 13.9. The van der Waals surface area contributed by atoms with Crippen molar-refractivity contribution in [2.24, 2.45) is 5.92 Å². The fourth-order valence-corrected chi connectivity index (χ4v) is 3.87. The second kappa shape index (κ2) is 7.73. The molecule has 2 atom stereocenters. The molecule has 5 nitrogen and oxygen atoms in total. The summed E-state index contributed by atoms with van der Waals surface area (Å²) in [6, 6.07) is 0. The van der Waals surface area contributed by atoms with Crippen LogP contribution in [0.15, 0.2) is 0 Å². The summed E-state index contributed by atoms with van der Waals surface area (Å²) in [4.78, 5) is 2.08. The van der Waals surface area contributed by atoms with Crippen molar-refractivity contribution in [2.45, 2.75) is 38.1 Å². The van der Waals surface area contributed by atoms with Crippen molar-refractivity contribution in [3.05, 3.63) is 0 Å². The molecule has 1 fully saturated rings. The van der Waals surface area contributed by atoms with E-state index in [1.165, 1.54) is 6.26 Å². The minimum atomic E-state index is -2.89. The second-order valence-corrected chi connectivity index (χ2v) is 8.42. The Hall–Kier alpha value is -0.170. The fourth-order valence-electron chi connectivity index (χ4n) is 3.22. The highest BCUT2D eigenvalue weighted by atomic mass is 32.2. The zero-order chi connectivity index (χ0) is 15.2. The number of likely N-dealkylation sites (N-methyl/N-ethyl adjacent to an activating group) is 1. The number of aliphatic hydroxyl groups excluding tert-OH is 1. The van der Waals surface area contributed by atoms with E-state index >= 15 is 0 Å². The summed E-state index contributed by atoms with van der Waals surface area (Å²) in [5, 5.41) is 13.2. The van der Waals surface area contributed by atoms with E-state index in [1.807, 2.05) is 7.05 Å². The summed E-state index contributed by atoms with van der Waals surface area (Å²) in [6.45, 7) is 4.61. The van der Waals surface area contributed by atoms with Crippen molar-refractivity contribution in [3.63, 3.8) is 0 Å². The summed E-state index contributed by atoms with van der Waals surface area (Å²) in [7, 11) is -0.920. The Balaban J connectivity index is 2.43. The van der Waals surface area contributed by atoms with E-state index in [0.29, 0.717) is 12.5 Å². The maximum Gasteiger partial charge on any atom is 0.148 e. The van der Waals surface area contributed by atoms with Crippen LogP contribution in [0.1, 0.15) is 32.6 Å². The minimum absolute atomic E-state index is 0.119. The zero-order valence-electron chi connectivity index (χ0n) is 13.1. The normalized spacial score (nSPS) is 27.4. The quantitative estimate of drug-likeness (QED) is 0.649. The first-order valence-electron chi connectivity index (χ1n) is 7.55. The SMILES string of the molecule is CCNC1(CO)CCCC1CCN(C)CCS(C)(=O)=O. The van der Waals surface area contributed by atoms with Gasteiger partial charge in [-0.3, -0.25) is 0 Å². The number of rotatable bonds is 9. The highest BCUT2D eigenvalue weighted by molar-refractivity contribution is 7.90. The summed E-state index contributed by atoms with van der Waals surface area (Å²) < 4.78 is 22.3. The molecule has 1 aliphatic rings. The molecule has 1 saturated carbocycles. The summed E-state index contributed by atoms with van der Waals surface area (Å²) in [6.07, 6.45) is 5.63. The third-order valence-electron chi connectivity index (χ3n) is 4.47. The maximum absolute atomic E-state index is 11.2. The molecule has 0 saturated heterocycles. The van der Waals surface area contributed by atoms with E-state index in [9.17, 15) is 13.5 Å². The van der Waals surface area contributed by atoms with Crippen molar-refractivity contribution >= 4 is 9.84 Å². The Morgan fingerprint density at radius 1 is 1.40 bits per heavy atom. The molecular weight excluding hydrogens is 276 g/mol. The molecule has 0 spiro atoms. The van der Waals surface area contributed by atoms with Crippen LogP contribution in [-0.2, 0) is 9.84 Å². The van der Waals surface area contributed by atoms with Gasteiger partial charge in [-0.25, -0.2) is 8.42 Å². The van der Waals surface area contributed by atoms with Gasteiger partial charge in [-0.15, -0.1) is 0 Å². The Kier molecular flexibility index (Phi) is 6.91. The van der Waals surface area contributed by atoms with Crippen LogP contribution >= 0.6 is 0 Å². The minimum Gasteiger partial charge on any atom is -0.394 e. The van der Waals surface area contributed by atoms with Gasteiger partial charge in [0, 0.05) is 18.3 Å². The van der Waals surface area contributed by atoms with Crippen LogP contribution < -0.4 is 5.32 Å². The van der Waals surface area contributed by atoms with Gasteiger partial charge >= 0.3 is 0 Å². The van der Waals surface area contributed by atoms with E-state index in [4.69, 9.17) is 0 Å². The molecular formula is C14H30N2O3S. The molecule has 2 unspecified atom stereocenters. The van der Waals surface area contributed by atoms with Gasteiger partial charge in [0.1, 0.15) is 9.84 Å². The van der Waals surface area contributed by atoms with Gasteiger partial charge in [0.05, 0.1) is 12.4 Å². The maximum atomic E-state index is 11.2. The lowest BCUT2D eigenvalue weighted by Gasteiger charge is -2.35. The smallest absolute Gasteiger partial charge is 0.148 e. The Labute approximate surface area is 123 Å². The van der Waals surface area contributed by atoms with E-state index in [2.05, 4.69) is 17.1 Å². The first kappa shape index (κ1) is 17.9. The predicted molar refractivity (Wildman–Crippen MR) is 82.7 cm³/mol. The average molecular weight is 306 g/mol. The standard InChI is InChI=1S/C14H30N2O3S/c1-4-15-14(12-17)8-5-6-13(14)7-9-16(2)10-11-20(3,18)19/h13,15,17H,4-12H2,1-3H3. The van der Waals surface area contributed by atoms with Crippen molar-refractivity contribution in [3.8, 4) is 0 Å². The highest BCUT2D eigenvalue weighted by Gasteiger charge is 2.41. The Bertz CT molecular complexity index is 386. The molecule has 1 aliphatic carbocycles. The number of aliphatic hydroxyl groups is 1. The number of hydrogen-bond acceptors (Lipinski definition) is 5. The lowest BCUT2D eigenvalue weighted by molar-refractivity contribution is 0.115. The van der Waals surface area contributed by atoms with Crippen LogP contribution in [0, 0.1) is 5.92 Å². The monoisotopic (exact) mass is 306 g/mol.